The van der Waals surface area contributed by atoms with E-state index in [-0.39, 0.29) is 55.8 Å². The molecule has 0 atom stereocenters. The van der Waals surface area contributed by atoms with E-state index in [4.69, 9.17) is 26.6 Å². The van der Waals surface area contributed by atoms with E-state index >= 15 is 0 Å². The van der Waals surface area contributed by atoms with Gasteiger partial charge in [0, 0.05) is 5.02 Å². The molecular formula is C55H74Cl4N3V. The van der Waals surface area contributed by atoms with Gasteiger partial charge >= 0.3 is 18.6 Å². The second kappa shape index (κ2) is 26.3. The summed E-state index contributed by atoms with van der Waals surface area (Å²) in [5, 5.41) is 0.711. The number of aliphatic imine (C=N–C) groups is 2. The zero-order chi connectivity index (χ0) is 39.8. The number of aromatic nitrogens is 1. The summed E-state index contributed by atoms with van der Waals surface area (Å²) in [5.74, 6) is 3.86. The van der Waals surface area contributed by atoms with E-state index in [0.717, 1.165) is 11.4 Å². The summed E-state index contributed by atoms with van der Waals surface area (Å²) in [5.41, 5.74) is 13.6. The van der Waals surface area contributed by atoms with Crippen LogP contribution in [0.1, 0.15) is 273 Å². The van der Waals surface area contributed by atoms with Gasteiger partial charge in [0.15, 0.2) is 0 Å². The fourth-order valence-electron chi connectivity index (χ4n) is 12.9. The normalized spacial score (nSPS) is 21.7. The predicted octanol–water partition coefficient (Wildman–Crippen LogP) is 8.53. The van der Waals surface area contributed by atoms with Gasteiger partial charge in [-0.3, -0.25) is 9.98 Å². The van der Waals surface area contributed by atoms with Crippen LogP contribution < -0.4 is 37.2 Å². The summed E-state index contributed by atoms with van der Waals surface area (Å²) in [7, 11) is 0. The van der Waals surface area contributed by atoms with Crippen molar-refractivity contribution in [1.82, 2.24) is 4.98 Å². The van der Waals surface area contributed by atoms with Gasteiger partial charge in [-0.05, 0) is 158 Å². The number of hydrogen-bond donors (Lipinski definition) is 0. The third kappa shape index (κ3) is 13.4. The van der Waals surface area contributed by atoms with E-state index in [0.29, 0.717) is 40.5 Å². The Bertz CT molecular complexity index is 1700. The molecule has 6 saturated carbocycles. The molecule has 0 unspecified atom stereocenters. The van der Waals surface area contributed by atoms with Crippen LogP contribution in [-0.2, 0) is 18.6 Å². The molecule has 2 aromatic carbocycles. The SMILES string of the molecule is Clc1cc(C=Nc2c(C3CCCCC3)cc(C3CCCCC3)cc2C2CCCCC2)nc(C=Nc2c(C3CCCCC3)cc(C3CCCCC3)cc2C2CCCCC2)c1.[Cl-].[Cl-].[Cl-].[V+3]. The van der Waals surface area contributed by atoms with Crippen LogP contribution in [0.2, 0.25) is 5.02 Å². The van der Waals surface area contributed by atoms with Gasteiger partial charge in [0.1, 0.15) is 0 Å². The fourth-order valence-corrected chi connectivity index (χ4v) is 13.1. The Balaban J connectivity index is 0.00000187. The molecule has 6 aliphatic carbocycles. The van der Waals surface area contributed by atoms with Gasteiger partial charge in [0.05, 0.1) is 35.2 Å². The number of hydrogen-bond acceptors (Lipinski definition) is 3. The summed E-state index contributed by atoms with van der Waals surface area (Å²) in [6, 6.07) is 14.6. The van der Waals surface area contributed by atoms with E-state index < -0.39 is 0 Å². The molecule has 0 N–H and O–H groups in total. The molecule has 3 nitrogen and oxygen atoms in total. The molecule has 6 fully saturated rings. The molecule has 0 aliphatic heterocycles. The molecule has 1 heterocycles. The van der Waals surface area contributed by atoms with Crippen molar-refractivity contribution in [3.05, 3.63) is 86.2 Å². The zero-order valence-corrected chi connectivity index (χ0v) is 42.5. The van der Waals surface area contributed by atoms with Crippen LogP contribution in [0.5, 0.6) is 0 Å². The van der Waals surface area contributed by atoms with Crippen molar-refractivity contribution in [3.63, 3.8) is 0 Å². The van der Waals surface area contributed by atoms with E-state index in [2.05, 4.69) is 36.7 Å². The van der Waals surface area contributed by atoms with Crippen LogP contribution in [0, 0.1) is 0 Å². The maximum Gasteiger partial charge on any atom is 3.00 e. The number of nitrogens with zero attached hydrogens (tertiary/aromatic N) is 3. The van der Waals surface area contributed by atoms with Crippen LogP contribution in [-0.4, -0.2) is 17.4 Å². The minimum Gasteiger partial charge on any atom is -1.00 e. The Morgan fingerprint density at radius 2 is 0.603 bits per heavy atom. The topological polar surface area (TPSA) is 37.6 Å². The number of rotatable bonds is 10. The molecule has 3 aromatic rings. The van der Waals surface area contributed by atoms with Crippen molar-refractivity contribution >= 4 is 35.4 Å². The zero-order valence-electron chi connectivity index (χ0n) is 38.1. The van der Waals surface area contributed by atoms with Gasteiger partial charge in [0.2, 0.25) is 0 Å². The summed E-state index contributed by atoms with van der Waals surface area (Å²) in [6.45, 7) is 0. The minimum atomic E-state index is 0. The molecule has 8 heteroatoms. The maximum absolute atomic E-state index is 6.98. The Labute approximate surface area is 417 Å². The first-order valence-electron chi connectivity index (χ1n) is 25.3. The summed E-state index contributed by atoms with van der Waals surface area (Å²) >= 11 is 6.98. The first-order chi connectivity index (χ1) is 29.2. The molecule has 0 bridgehead atoms. The average Bonchev–Trinajstić information content (AvgIpc) is 3.31. The standard InChI is InChI=1S/C55H74ClN3.3ClH.V/c56-47-35-48(37-57-54-50(41-23-11-3-12-24-41)31-45(39-19-7-1-8-20-39)32-51(54)42-25-13-4-14-26-42)59-49(36-47)38-58-55-52(43-27-15-5-16-28-43)33-46(40-21-9-2-10-22-40)34-53(55)44-29-17-6-18-30-44;;;;/h31-44H,1-30H2;3*1H;/q;;;;+3/p-3. The summed E-state index contributed by atoms with van der Waals surface area (Å²) < 4.78 is 0. The second-order valence-corrected chi connectivity index (χ2v) is 20.7. The fraction of sp³-hybridized carbons (Fsp3) is 0.655. The van der Waals surface area contributed by atoms with Crippen molar-refractivity contribution < 1.29 is 55.8 Å². The molecule has 63 heavy (non-hydrogen) atoms. The number of pyridine rings is 1. The van der Waals surface area contributed by atoms with Crippen molar-refractivity contribution in [2.24, 2.45) is 9.98 Å². The molecule has 0 saturated heterocycles. The van der Waals surface area contributed by atoms with Crippen LogP contribution >= 0.6 is 11.6 Å². The van der Waals surface area contributed by atoms with E-state index in [9.17, 15) is 0 Å². The van der Waals surface area contributed by atoms with Gasteiger partial charge in [0.25, 0.3) is 0 Å². The van der Waals surface area contributed by atoms with Gasteiger partial charge < -0.3 is 37.2 Å². The van der Waals surface area contributed by atoms with Crippen LogP contribution in [0.3, 0.4) is 0 Å². The molecule has 6 aliphatic rings. The molecule has 9 rings (SSSR count). The molecule has 1 aromatic heterocycles. The van der Waals surface area contributed by atoms with Crippen LogP contribution in [0.4, 0.5) is 11.4 Å². The monoisotopic (exact) mass is 967 g/mol. The Kier molecular flexibility index (Phi) is 22.0. The molecular weight excluding hydrogens is 895 g/mol. The van der Waals surface area contributed by atoms with Gasteiger partial charge in [-0.15, -0.1) is 0 Å². The van der Waals surface area contributed by atoms with Gasteiger partial charge in [-0.1, -0.05) is 151 Å². The Morgan fingerprint density at radius 3 is 0.857 bits per heavy atom. The summed E-state index contributed by atoms with van der Waals surface area (Å²) in [4.78, 5) is 16.3. The van der Waals surface area contributed by atoms with Crippen LogP contribution in [0.25, 0.3) is 0 Å². The maximum atomic E-state index is 6.98. The van der Waals surface area contributed by atoms with Crippen molar-refractivity contribution in [1.29, 1.82) is 0 Å². The van der Waals surface area contributed by atoms with Crippen molar-refractivity contribution in [2.45, 2.75) is 228 Å². The van der Waals surface area contributed by atoms with Crippen LogP contribution in [0.15, 0.2) is 46.4 Å². The second-order valence-electron chi connectivity index (χ2n) is 20.3. The third-order valence-corrected chi connectivity index (χ3v) is 16.4. The van der Waals surface area contributed by atoms with E-state index in [1.54, 1.807) is 11.1 Å². The van der Waals surface area contributed by atoms with Gasteiger partial charge in [-0.2, -0.15) is 0 Å². The third-order valence-electron chi connectivity index (χ3n) is 16.2. The van der Waals surface area contributed by atoms with Crippen molar-refractivity contribution in [3.8, 4) is 0 Å². The van der Waals surface area contributed by atoms with Crippen molar-refractivity contribution in [2.75, 3.05) is 0 Å². The molecule has 0 spiro atoms. The predicted molar refractivity (Wildman–Crippen MR) is 252 cm³/mol. The molecule has 0 radical (unpaired) electrons. The van der Waals surface area contributed by atoms with E-state index in [1.165, 1.54) is 226 Å². The number of benzene rings is 2. The molecule has 0 amide bonds. The minimum absolute atomic E-state index is 0. The summed E-state index contributed by atoms with van der Waals surface area (Å²) in [6.07, 6.45) is 44.4. The Morgan fingerprint density at radius 1 is 0.365 bits per heavy atom. The molecule has 342 valence electrons. The number of halogens is 4. The first kappa shape index (κ1) is 52.6. The van der Waals surface area contributed by atoms with Gasteiger partial charge in [-0.25, -0.2) is 4.98 Å². The largest absolute Gasteiger partial charge is 3.00 e. The first-order valence-corrected chi connectivity index (χ1v) is 25.7. The Hall–Kier alpha value is -1.33. The van der Waals surface area contributed by atoms with E-state index in [1.807, 2.05) is 12.1 Å². The smallest absolute Gasteiger partial charge is 1.00 e. The average molecular weight is 970 g/mol. The quantitative estimate of drug-likeness (QED) is 0.188.